The fourth-order valence-corrected chi connectivity index (χ4v) is 4.43. The van der Waals surface area contributed by atoms with E-state index in [1.165, 1.54) is 6.42 Å². The molecule has 1 aliphatic heterocycles. The van der Waals surface area contributed by atoms with Crippen LogP contribution in [0, 0.1) is 17.3 Å². The van der Waals surface area contributed by atoms with Crippen LogP contribution in [-0.4, -0.2) is 35.5 Å². The summed E-state index contributed by atoms with van der Waals surface area (Å²) < 4.78 is 5.38. The number of esters is 1. The first-order valence-electron chi connectivity index (χ1n) is 9.68. The van der Waals surface area contributed by atoms with Gasteiger partial charge in [-0.25, -0.2) is 0 Å². The van der Waals surface area contributed by atoms with Crippen LogP contribution in [0.25, 0.3) is 0 Å². The van der Waals surface area contributed by atoms with Gasteiger partial charge in [-0.1, -0.05) is 20.8 Å². The highest BCUT2D eigenvalue weighted by Gasteiger charge is 2.34. The number of amides is 1. The molecule has 1 amide bonds. The molecule has 2 aliphatic rings. The van der Waals surface area contributed by atoms with Gasteiger partial charge < -0.3 is 9.64 Å². The van der Waals surface area contributed by atoms with E-state index < -0.39 is 0 Å². The van der Waals surface area contributed by atoms with Crippen molar-refractivity contribution in [3.05, 3.63) is 0 Å². The Morgan fingerprint density at radius 2 is 1.50 bits per heavy atom. The van der Waals surface area contributed by atoms with Crippen LogP contribution < -0.4 is 0 Å². The summed E-state index contributed by atoms with van der Waals surface area (Å²) >= 11 is 0. The molecule has 2 atom stereocenters. The van der Waals surface area contributed by atoms with Gasteiger partial charge in [0.2, 0.25) is 0 Å². The maximum Gasteiger partial charge on any atom is 0.309 e. The van der Waals surface area contributed by atoms with Crippen LogP contribution in [0.3, 0.4) is 0 Å². The summed E-state index contributed by atoms with van der Waals surface area (Å²) in [7, 11) is 0. The summed E-state index contributed by atoms with van der Waals surface area (Å²) in [5, 5.41) is 0. The lowest BCUT2D eigenvalue weighted by Crippen LogP contribution is -2.49. The minimum absolute atomic E-state index is 0.0207. The number of rotatable bonds is 3. The predicted molar refractivity (Wildman–Crippen MR) is 95.5 cm³/mol. The normalized spacial score (nSPS) is 31.6. The van der Waals surface area contributed by atoms with Crippen molar-refractivity contribution >= 4 is 11.9 Å². The summed E-state index contributed by atoms with van der Waals surface area (Å²) in [5.74, 6) is 0.449. The van der Waals surface area contributed by atoms with Crippen molar-refractivity contribution < 1.29 is 14.3 Å². The molecule has 1 saturated carbocycles. The molecule has 1 heterocycles. The molecule has 0 aromatic carbocycles. The Bertz CT molecular complexity index is 436. The van der Waals surface area contributed by atoms with E-state index >= 15 is 0 Å². The number of likely N-dealkylation sites (tertiary alicyclic amines) is 1. The largest absolute Gasteiger partial charge is 0.455 e. The molecule has 138 valence electrons. The lowest BCUT2D eigenvalue weighted by atomic mass is 9.70. The van der Waals surface area contributed by atoms with Gasteiger partial charge in [0.25, 0.3) is 5.91 Å². The maximum absolute atomic E-state index is 12.4. The second-order valence-corrected chi connectivity index (χ2v) is 8.95. The van der Waals surface area contributed by atoms with Crippen molar-refractivity contribution in [3.63, 3.8) is 0 Å². The highest BCUT2D eigenvalue weighted by atomic mass is 16.5. The summed E-state index contributed by atoms with van der Waals surface area (Å²) in [6.45, 7) is 10.9. The van der Waals surface area contributed by atoms with Crippen LogP contribution in [0.5, 0.6) is 0 Å². The molecule has 1 aliphatic carbocycles. The number of hydrogen-bond acceptors (Lipinski definition) is 3. The van der Waals surface area contributed by atoms with Crippen molar-refractivity contribution in [1.82, 2.24) is 4.90 Å². The van der Waals surface area contributed by atoms with Crippen molar-refractivity contribution in [1.29, 1.82) is 0 Å². The van der Waals surface area contributed by atoms with Gasteiger partial charge in [-0.15, -0.1) is 0 Å². The molecule has 0 spiro atoms. The maximum atomic E-state index is 12.4. The second kappa shape index (κ2) is 7.88. The summed E-state index contributed by atoms with van der Waals surface area (Å²) in [6.07, 6.45) is 7.20. The van der Waals surface area contributed by atoms with Crippen molar-refractivity contribution in [2.45, 2.75) is 91.6 Å². The van der Waals surface area contributed by atoms with Crippen LogP contribution in [0.15, 0.2) is 0 Å². The number of hydrogen-bond donors (Lipinski definition) is 0. The molecule has 2 fully saturated rings. The van der Waals surface area contributed by atoms with Crippen LogP contribution in [0.1, 0.15) is 79.6 Å². The monoisotopic (exact) mass is 337 g/mol. The lowest BCUT2D eigenvalue weighted by Gasteiger charge is -2.39. The minimum atomic E-state index is -0.173. The van der Waals surface area contributed by atoms with Crippen LogP contribution >= 0.6 is 0 Å². The smallest absolute Gasteiger partial charge is 0.309 e. The van der Waals surface area contributed by atoms with Crippen LogP contribution in [-0.2, 0) is 14.3 Å². The highest BCUT2D eigenvalue weighted by Crippen LogP contribution is 2.40. The zero-order valence-corrected chi connectivity index (χ0v) is 16.1. The van der Waals surface area contributed by atoms with Gasteiger partial charge in [0.15, 0.2) is 6.61 Å². The zero-order valence-electron chi connectivity index (χ0n) is 16.1. The summed E-state index contributed by atoms with van der Waals surface area (Å²) in [5.41, 5.74) is 0.311. The molecule has 4 heteroatoms. The lowest BCUT2D eigenvalue weighted by molar-refractivity contribution is -0.159. The third-order valence-corrected chi connectivity index (χ3v) is 6.10. The third kappa shape index (κ3) is 4.73. The van der Waals surface area contributed by atoms with Crippen molar-refractivity contribution in [2.24, 2.45) is 17.3 Å². The van der Waals surface area contributed by atoms with Crippen LogP contribution in [0.2, 0.25) is 0 Å². The van der Waals surface area contributed by atoms with E-state index in [2.05, 4.69) is 34.6 Å². The Balaban J connectivity index is 1.78. The molecule has 4 nitrogen and oxygen atoms in total. The van der Waals surface area contributed by atoms with E-state index in [9.17, 15) is 9.59 Å². The predicted octanol–water partition coefficient (Wildman–Crippen LogP) is 4.17. The number of carbonyl (C=O) groups excluding carboxylic acids is 2. The van der Waals surface area contributed by atoms with E-state index in [4.69, 9.17) is 4.74 Å². The second-order valence-electron chi connectivity index (χ2n) is 8.95. The van der Waals surface area contributed by atoms with Gasteiger partial charge in [0.05, 0.1) is 5.92 Å². The molecular formula is C20H35NO3. The van der Waals surface area contributed by atoms with Gasteiger partial charge >= 0.3 is 5.97 Å². The number of nitrogens with zero attached hydrogens (tertiary/aromatic N) is 1. The molecule has 0 aromatic rings. The van der Waals surface area contributed by atoms with E-state index in [-0.39, 0.29) is 36.5 Å². The molecular weight excluding hydrogens is 302 g/mol. The fourth-order valence-electron chi connectivity index (χ4n) is 4.43. The SMILES string of the molecule is CC1CCCC(C)N1C(=O)COC(=O)C1CCC(C(C)(C)C)CC1. The van der Waals surface area contributed by atoms with E-state index in [1.807, 2.05) is 4.90 Å². The average molecular weight is 338 g/mol. The number of carbonyl (C=O) groups is 2. The van der Waals surface area contributed by atoms with Gasteiger partial charge in [-0.05, 0) is 70.1 Å². The Morgan fingerprint density at radius 1 is 0.958 bits per heavy atom. The average Bonchev–Trinajstić information content (AvgIpc) is 2.51. The quantitative estimate of drug-likeness (QED) is 0.726. The number of ether oxygens (including phenoxy) is 1. The molecule has 0 bridgehead atoms. The Kier molecular flexibility index (Phi) is 6.33. The van der Waals surface area contributed by atoms with Crippen LogP contribution in [0.4, 0.5) is 0 Å². The summed E-state index contributed by atoms with van der Waals surface area (Å²) in [4.78, 5) is 26.7. The van der Waals surface area contributed by atoms with E-state index in [1.54, 1.807) is 0 Å². The molecule has 0 radical (unpaired) electrons. The Morgan fingerprint density at radius 3 is 2.00 bits per heavy atom. The molecule has 2 unspecified atom stereocenters. The van der Waals surface area contributed by atoms with Crippen molar-refractivity contribution in [2.75, 3.05) is 6.61 Å². The van der Waals surface area contributed by atoms with Gasteiger partial charge in [0.1, 0.15) is 0 Å². The topological polar surface area (TPSA) is 46.6 Å². The first kappa shape index (κ1) is 19.3. The van der Waals surface area contributed by atoms with E-state index in [0.29, 0.717) is 11.3 Å². The highest BCUT2D eigenvalue weighted by molar-refractivity contribution is 5.81. The molecule has 0 aromatic heterocycles. The number of piperidine rings is 1. The molecule has 24 heavy (non-hydrogen) atoms. The molecule has 1 saturated heterocycles. The standard InChI is InChI=1S/C20H35NO3/c1-14-7-6-8-15(2)21(14)18(22)13-24-19(23)16-9-11-17(12-10-16)20(3,4)5/h14-17H,6-13H2,1-5H3. The first-order chi connectivity index (χ1) is 11.2. The van der Waals surface area contributed by atoms with Gasteiger partial charge in [-0.3, -0.25) is 9.59 Å². The van der Waals surface area contributed by atoms with Crippen molar-refractivity contribution in [3.8, 4) is 0 Å². The first-order valence-corrected chi connectivity index (χ1v) is 9.68. The fraction of sp³-hybridized carbons (Fsp3) is 0.900. The van der Waals surface area contributed by atoms with Gasteiger partial charge in [-0.2, -0.15) is 0 Å². The Labute approximate surface area is 147 Å². The molecule has 2 rings (SSSR count). The third-order valence-electron chi connectivity index (χ3n) is 6.10. The van der Waals surface area contributed by atoms with E-state index in [0.717, 1.165) is 38.5 Å². The van der Waals surface area contributed by atoms with Gasteiger partial charge in [0, 0.05) is 12.1 Å². The zero-order chi connectivity index (χ0) is 17.9. The minimum Gasteiger partial charge on any atom is -0.455 e. The Hall–Kier alpha value is -1.06. The molecule has 0 N–H and O–H groups in total. The summed E-state index contributed by atoms with van der Waals surface area (Å²) in [6, 6.07) is 0.504.